The van der Waals surface area contributed by atoms with Crippen molar-refractivity contribution in [3.05, 3.63) is 11.7 Å². The summed E-state index contributed by atoms with van der Waals surface area (Å²) in [5.74, 6) is 2.21. The zero-order valence-electron chi connectivity index (χ0n) is 9.69. The quantitative estimate of drug-likeness (QED) is 0.858. The largest absolute Gasteiger partial charge is 0.338 e. The van der Waals surface area contributed by atoms with Crippen molar-refractivity contribution >= 4 is 11.8 Å². The Labute approximate surface area is 100 Å². The first kappa shape index (κ1) is 11.9. The average molecular weight is 241 g/mol. The van der Waals surface area contributed by atoms with E-state index in [4.69, 9.17) is 10.3 Å². The maximum atomic E-state index is 5.82. The summed E-state index contributed by atoms with van der Waals surface area (Å²) in [7, 11) is 0. The van der Waals surface area contributed by atoms with Crippen LogP contribution in [0.4, 0.5) is 0 Å². The maximum absolute atomic E-state index is 5.82. The Morgan fingerprint density at radius 3 is 2.94 bits per heavy atom. The van der Waals surface area contributed by atoms with Gasteiger partial charge in [-0.25, -0.2) is 0 Å². The van der Waals surface area contributed by atoms with Crippen LogP contribution in [-0.4, -0.2) is 15.4 Å². The molecule has 5 heteroatoms. The average Bonchev–Trinajstić information content (AvgIpc) is 2.96. The lowest BCUT2D eigenvalue weighted by atomic mass is 10.2. The molecule has 2 rings (SSSR count). The molecular weight excluding hydrogens is 222 g/mol. The molecule has 1 aliphatic rings. The molecule has 2 N–H and O–H groups in total. The van der Waals surface area contributed by atoms with Crippen LogP contribution in [0.15, 0.2) is 4.52 Å². The van der Waals surface area contributed by atoms with Crippen LogP contribution in [0.5, 0.6) is 0 Å². The first-order chi connectivity index (χ1) is 7.79. The molecule has 1 fully saturated rings. The minimum Gasteiger partial charge on any atom is -0.338 e. The summed E-state index contributed by atoms with van der Waals surface area (Å²) in [6.07, 6.45) is 6.25. The van der Waals surface area contributed by atoms with E-state index < -0.39 is 0 Å². The topological polar surface area (TPSA) is 64.9 Å². The van der Waals surface area contributed by atoms with Crippen molar-refractivity contribution in [2.24, 2.45) is 5.73 Å². The molecular formula is C11H19N3OS. The second-order valence-corrected chi connectivity index (χ2v) is 5.57. The van der Waals surface area contributed by atoms with Gasteiger partial charge < -0.3 is 10.3 Å². The van der Waals surface area contributed by atoms with Crippen molar-refractivity contribution in [3.8, 4) is 0 Å². The monoisotopic (exact) mass is 241 g/mol. The Hall–Kier alpha value is -0.550. The van der Waals surface area contributed by atoms with E-state index in [2.05, 4.69) is 10.1 Å². The van der Waals surface area contributed by atoms with Crippen LogP contribution in [0, 0.1) is 0 Å². The highest BCUT2D eigenvalue weighted by Gasteiger charge is 2.17. The van der Waals surface area contributed by atoms with Gasteiger partial charge in [0, 0.05) is 5.25 Å². The summed E-state index contributed by atoms with van der Waals surface area (Å²) in [5.41, 5.74) is 5.82. The minimum atomic E-state index is -0.113. The molecule has 0 bridgehead atoms. The Kier molecular flexibility index (Phi) is 4.23. The van der Waals surface area contributed by atoms with Crippen molar-refractivity contribution in [3.63, 3.8) is 0 Å². The Balaban J connectivity index is 1.82. The summed E-state index contributed by atoms with van der Waals surface area (Å²) in [6.45, 7) is 2.02. The summed E-state index contributed by atoms with van der Waals surface area (Å²) in [4.78, 5) is 4.32. The third-order valence-corrected chi connectivity index (χ3v) is 4.36. The summed E-state index contributed by atoms with van der Waals surface area (Å²) < 4.78 is 5.13. The molecule has 1 aromatic heterocycles. The lowest BCUT2D eigenvalue weighted by molar-refractivity contribution is 0.349. The van der Waals surface area contributed by atoms with Gasteiger partial charge in [-0.3, -0.25) is 0 Å². The molecule has 0 spiro atoms. The predicted octanol–water partition coefficient (Wildman–Crippen LogP) is 2.66. The summed E-state index contributed by atoms with van der Waals surface area (Å²) in [5, 5.41) is 4.75. The number of nitrogens with zero attached hydrogens (tertiary/aromatic N) is 2. The normalized spacial score (nSPS) is 19.1. The van der Waals surface area contributed by atoms with E-state index in [1.165, 1.54) is 25.7 Å². The van der Waals surface area contributed by atoms with Crippen LogP contribution in [0.2, 0.25) is 0 Å². The third kappa shape index (κ3) is 2.98. The molecule has 0 saturated heterocycles. The van der Waals surface area contributed by atoms with E-state index in [1.807, 2.05) is 18.7 Å². The van der Waals surface area contributed by atoms with Gasteiger partial charge in [0.2, 0.25) is 5.89 Å². The SMILES string of the molecule is CCC(N)c1nc(CSC2CCCC2)no1. The molecule has 1 atom stereocenters. The first-order valence-corrected chi connectivity index (χ1v) is 7.04. The molecule has 0 aliphatic heterocycles. The zero-order valence-corrected chi connectivity index (χ0v) is 10.5. The van der Waals surface area contributed by atoms with Gasteiger partial charge in [0.1, 0.15) is 0 Å². The fraction of sp³-hybridized carbons (Fsp3) is 0.818. The van der Waals surface area contributed by atoms with Crippen molar-refractivity contribution in [1.82, 2.24) is 10.1 Å². The van der Waals surface area contributed by atoms with Gasteiger partial charge in [0.05, 0.1) is 11.8 Å². The molecule has 16 heavy (non-hydrogen) atoms. The van der Waals surface area contributed by atoms with Crippen molar-refractivity contribution in [2.45, 2.75) is 56.1 Å². The molecule has 0 radical (unpaired) electrons. The van der Waals surface area contributed by atoms with Crippen LogP contribution in [-0.2, 0) is 5.75 Å². The minimum absolute atomic E-state index is 0.113. The fourth-order valence-corrected chi connectivity index (χ4v) is 3.07. The Bertz CT molecular complexity index is 323. The lowest BCUT2D eigenvalue weighted by Gasteiger charge is -2.05. The van der Waals surface area contributed by atoms with Gasteiger partial charge in [-0.15, -0.1) is 0 Å². The first-order valence-electron chi connectivity index (χ1n) is 5.99. The highest BCUT2D eigenvalue weighted by atomic mass is 32.2. The number of hydrogen-bond donors (Lipinski definition) is 1. The molecule has 1 saturated carbocycles. The molecule has 0 aromatic carbocycles. The predicted molar refractivity (Wildman–Crippen MR) is 65.1 cm³/mol. The highest BCUT2D eigenvalue weighted by molar-refractivity contribution is 7.99. The van der Waals surface area contributed by atoms with Gasteiger partial charge in [0.15, 0.2) is 5.82 Å². The molecule has 0 amide bonds. The van der Waals surface area contributed by atoms with Crippen molar-refractivity contribution < 1.29 is 4.52 Å². The van der Waals surface area contributed by atoms with Gasteiger partial charge in [-0.2, -0.15) is 16.7 Å². The number of aromatic nitrogens is 2. The summed E-state index contributed by atoms with van der Waals surface area (Å²) >= 11 is 1.94. The van der Waals surface area contributed by atoms with Gasteiger partial charge in [-0.1, -0.05) is 24.9 Å². The smallest absolute Gasteiger partial charge is 0.243 e. The number of nitrogens with two attached hydrogens (primary N) is 1. The maximum Gasteiger partial charge on any atom is 0.243 e. The third-order valence-electron chi connectivity index (χ3n) is 2.99. The molecule has 1 heterocycles. The number of hydrogen-bond acceptors (Lipinski definition) is 5. The molecule has 1 aliphatic carbocycles. The lowest BCUT2D eigenvalue weighted by Crippen LogP contribution is -2.08. The van der Waals surface area contributed by atoms with Crippen LogP contribution < -0.4 is 5.73 Å². The number of thioether (sulfide) groups is 1. The molecule has 4 nitrogen and oxygen atoms in total. The van der Waals surface area contributed by atoms with Gasteiger partial charge >= 0.3 is 0 Å². The van der Waals surface area contributed by atoms with Crippen LogP contribution in [0.25, 0.3) is 0 Å². The zero-order chi connectivity index (χ0) is 11.4. The molecule has 1 unspecified atom stereocenters. The number of rotatable bonds is 5. The fourth-order valence-electron chi connectivity index (χ4n) is 1.90. The Morgan fingerprint density at radius 2 is 2.25 bits per heavy atom. The van der Waals surface area contributed by atoms with E-state index in [9.17, 15) is 0 Å². The van der Waals surface area contributed by atoms with Gasteiger partial charge in [-0.05, 0) is 19.3 Å². The van der Waals surface area contributed by atoms with Crippen molar-refractivity contribution in [1.29, 1.82) is 0 Å². The second kappa shape index (κ2) is 5.68. The van der Waals surface area contributed by atoms with E-state index in [-0.39, 0.29) is 6.04 Å². The van der Waals surface area contributed by atoms with Gasteiger partial charge in [0.25, 0.3) is 0 Å². The second-order valence-electron chi connectivity index (χ2n) is 4.28. The molecule has 90 valence electrons. The van der Waals surface area contributed by atoms with E-state index in [0.29, 0.717) is 5.89 Å². The molecule has 1 aromatic rings. The highest BCUT2D eigenvalue weighted by Crippen LogP contribution is 2.31. The van der Waals surface area contributed by atoms with E-state index >= 15 is 0 Å². The van der Waals surface area contributed by atoms with Crippen LogP contribution in [0.1, 0.15) is 56.8 Å². The Morgan fingerprint density at radius 1 is 1.50 bits per heavy atom. The van der Waals surface area contributed by atoms with E-state index in [0.717, 1.165) is 23.2 Å². The van der Waals surface area contributed by atoms with Crippen LogP contribution in [0.3, 0.4) is 0 Å². The van der Waals surface area contributed by atoms with Crippen LogP contribution >= 0.6 is 11.8 Å². The summed E-state index contributed by atoms with van der Waals surface area (Å²) in [6, 6.07) is -0.113. The standard InChI is InChI=1S/C11H19N3OS/c1-2-9(12)11-13-10(14-15-11)7-16-8-5-3-4-6-8/h8-9H,2-7,12H2,1H3. The van der Waals surface area contributed by atoms with Crippen molar-refractivity contribution in [2.75, 3.05) is 0 Å². The van der Waals surface area contributed by atoms with E-state index in [1.54, 1.807) is 0 Å².